The summed E-state index contributed by atoms with van der Waals surface area (Å²) in [5.74, 6) is -0.203. The number of nitrogens with two attached hydrogens (primary N) is 1. The number of alkyl halides is 3. The van der Waals surface area contributed by atoms with Crippen molar-refractivity contribution in [2.75, 3.05) is 20.2 Å². The predicted octanol–water partition coefficient (Wildman–Crippen LogP) is 3.03. The molecule has 1 fully saturated rings. The van der Waals surface area contributed by atoms with Crippen LogP contribution in [-0.4, -0.2) is 32.2 Å². The fourth-order valence-corrected chi connectivity index (χ4v) is 3.01. The Bertz CT molecular complexity index is 573. The standard InChI is InChI=1S/C17H23F3N2O2.ClH/c1-24-14(10-21)9-15(23)22-11-16(6-3-7-16)12-4-2-5-13(8-12)17(18,19)20;/h2,4-5,8,14H,3,6-7,9-11,21H2,1H3,(H,22,23);1H. The predicted molar refractivity (Wildman–Crippen MR) is 91.7 cm³/mol. The van der Waals surface area contributed by atoms with Crippen LogP contribution in [0, 0.1) is 0 Å². The number of hydrogen-bond acceptors (Lipinski definition) is 3. The first-order valence-corrected chi connectivity index (χ1v) is 7.98. The summed E-state index contributed by atoms with van der Waals surface area (Å²) in [6.07, 6.45) is -2.10. The number of carbonyl (C=O) groups excluding carboxylic acids is 1. The summed E-state index contributed by atoms with van der Waals surface area (Å²) in [6, 6.07) is 5.40. The highest BCUT2D eigenvalue weighted by Gasteiger charge is 2.40. The average molecular weight is 381 g/mol. The Hall–Kier alpha value is -1.31. The Morgan fingerprint density at radius 3 is 2.56 bits per heavy atom. The molecule has 1 atom stereocenters. The molecule has 4 nitrogen and oxygen atoms in total. The van der Waals surface area contributed by atoms with Gasteiger partial charge in [-0.05, 0) is 24.5 Å². The molecular formula is C17H24ClF3N2O2. The number of carbonyl (C=O) groups is 1. The Balaban J connectivity index is 0.00000312. The van der Waals surface area contributed by atoms with E-state index in [4.69, 9.17) is 10.5 Å². The van der Waals surface area contributed by atoms with Crippen LogP contribution in [0.3, 0.4) is 0 Å². The summed E-state index contributed by atoms with van der Waals surface area (Å²) in [5, 5.41) is 2.83. The molecule has 2 rings (SSSR count). The third-order valence-electron chi connectivity index (χ3n) is 4.75. The molecule has 0 aromatic heterocycles. The molecule has 25 heavy (non-hydrogen) atoms. The van der Waals surface area contributed by atoms with Gasteiger partial charge in [0.15, 0.2) is 0 Å². The number of hydrogen-bond donors (Lipinski definition) is 2. The monoisotopic (exact) mass is 380 g/mol. The summed E-state index contributed by atoms with van der Waals surface area (Å²) in [7, 11) is 1.49. The van der Waals surface area contributed by atoms with Gasteiger partial charge in [0.2, 0.25) is 5.91 Å². The number of methoxy groups -OCH3 is 1. The van der Waals surface area contributed by atoms with E-state index < -0.39 is 17.2 Å². The van der Waals surface area contributed by atoms with Gasteiger partial charge in [-0.15, -0.1) is 12.4 Å². The minimum Gasteiger partial charge on any atom is -0.380 e. The molecule has 8 heteroatoms. The van der Waals surface area contributed by atoms with Crippen molar-refractivity contribution < 1.29 is 22.7 Å². The van der Waals surface area contributed by atoms with Crippen LogP contribution in [0.15, 0.2) is 24.3 Å². The topological polar surface area (TPSA) is 64.3 Å². The first-order chi connectivity index (χ1) is 11.3. The number of benzene rings is 1. The summed E-state index contributed by atoms with van der Waals surface area (Å²) in [6.45, 7) is 0.566. The molecule has 1 amide bonds. The summed E-state index contributed by atoms with van der Waals surface area (Å²) < 4.78 is 43.8. The Morgan fingerprint density at radius 1 is 1.40 bits per heavy atom. The molecule has 0 radical (unpaired) electrons. The smallest absolute Gasteiger partial charge is 0.380 e. The molecule has 0 spiro atoms. The van der Waals surface area contributed by atoms with Gasteiger partial charge in [-0.25, -0.2) is 0 Å². The second-order valence-electron chi connectivity index (χ2n) is 6.29. The van der Waals surface area contributed by atoms with E-state index in [9.17, 15) is 18.0 Å². The average Bonchev–Trinajstić information content (AvgIpc) is 2.51. The number of ether oxygens (including phenoxy) is 1. The van der Waals surface area contributed by atoms with Gasteiger partial charge in [0.1, 0.15) is 0 Å². The molecule has 142 valence electrons. The molecular weight excluding hydrogens is 357 g/mol. The van der Waals surface area contributed by atoms with E-state index in [1.807, 2.05) is 0 Å². The van der Waals surface area contributed by atoms with Gasteiger partial charge in [-0.2, -0.15) is 13.2 Å². The van der Waals surface area contributed by atoms with E-state index >= 15 is 0 Å². The van der Waals surface area contributed by atoms with Crippen molar-refractivity contribution >= 4 is 18.3 Å². The molecule has 1 aliphatic carbocycles. The van der Waals surface area contributed by atoms with Crippen molar-refractivity contribution in [3.63, 3.8) is 0 Å². The summed E-state index contributed by atoms with van der Waals surface area (Å²) in [4.78, 5) is 12.0. The minimum absolute atomic E-state index is 0. The van der Waals surface area contributed by atoms with Gasteiger partial charge < -0.3 is 15.8 Å². The Morgan fingerprint density at radius 2 is 2.08 bits per heavy atom. The highest BCUT2D eigenvalue weighted by Crippen LogP contribution is 2.44. The van der Waals surface area contributed by atoms with Gasteiger partial charge in [0.25, 0.3) is 0 Å². The van der Waals surface area contributed by atoms with Gasteiger partial charge in [-0.3, -0.25) is 4.79 Å². The lowest BCUT2D eigenvalue weighted by atomic mass is 9.64. The Labute approximate surface area is 151 Å². The molecule has 1 aromatic rings. The van der Waals surface area contributed by atoms with Crippen LogP contribution >= 0.6 is 12.4 Å². The zero-order valence-electron chi connectivity index (χ0n) is 14.1. The van der Waals surface area contributed by atoms with Crippen molar-refractivity contribution in [3.8, 4) is 0 Å². The van der Waals surface area contributed by atoms with Gasteiger partial charge in [0, 0.05) is 25.6 Å². The maximum absolute atomic E-state index is 12.9. The lowest BCUT2D eigenvalue weighted by Crippen LogP contribution is -2.46. The van der Waals surface area contributed by atoms with Crippen LogP contribution < -0.4 is 11.1 Å². The van der Waals surface area contributed by atoms with E-state index in [0.29, 0.717) is 12.1 Å². The van der Waals surface area contributed by atoms with E-state index in [0.717, 1.165) is 25.3 Å². The maximum Gasteiger partial charge on any atom is 0.416 e. The highest BCUT2D eigenvalue weighted by molar-refractivity contribution is 5.85. The summed E-state index contributed by atoms with van der Waals surface area (Å²) >= 11 is 0. The Kier molecular flexibility index (Phi) is 7.71. The molecule has 3 N–H and O–H groups in total. The van der Waals surface area contributed by atoms with Crippen LogP contribution in [-0.2, 0) is 21.1 Å². The fourth-order valence-electron chi connectivity index (χ4n) is 3.01. The van der Waals surface area contributed by atoms with Crippen molar-refractivity contribution in [1.29, 1.82) is 0 Å². The molecule has 1 saturated carbocycles. The molecule has 1 unspecified atom stereocenters. The van der Waals surface area contributed by atoms with Crippen molar-refractivity contribution in [3.05, 3.63) is 35.4 Å². The van der Waals surface area contributed by atoms with Crippen LogP contribution in [0.2, 0.25) is 0 Å². The summed E-state index contributed by atoms with van der Waals surface area (Å²) in [5.41, 5.74) is 5.05. The molecule has 0 bridgehead atoms. The van der Waals surface area contributed by atoms with Gasteiger partial charge in [-0.1, -0.05) is 24.6 Å². The lowest BCUT2D eigenvalue weighted by Gasteiger charge is -2.43. The van der Waals surface area contributed by atoms with E-state index in [2.05, 4.69) is 5.32 Å². The van der Waals surface area contributed by atoms with Gasteiger partial charge >= 0.3 is 6.18 Å². The quantitative estimate of drug-likeness (QED) is 0.764. The van der Waals surface area contributed by atoms with E-state index in [1.165, 1.54) is 19.2 Å². The highest BCUT2D eigenvalue weighted by atomic mass is 35.5. The lowest BCUT2D eigenvalue weighted by molar-refractivity contribution is -0.137. The largest absolute Gasteiger partial charge is 0.416 e. The van der Waals surface area contributed by atoms with Crippen LogP contribution in [0.4, 0.5) is 13.2 Å². The number of nitrogens with one attached hydrogen (secondary N) is 1. The fraction of sp³-hybridized carbons (Fsp3) is 0.588. The second-order valence-corrected chi connectivity index (χ2v) is 6.29. The molecule has 1 aliphatic rings. The van der Waals surface area contributed by atoms with Crippen molar-refractivity contribution in [2.24, 2.45) is 5.73 Å². The minimum atomic E-state index is -4.36. The SMILES string of the molecule is COC(CN)CC(=O)NCC1(c2cccc(C(F)(F)F)c2)CCC1.Cl. The van der Waals surface area contributed by atoms with Gasteiger partial charge in [0.05, 0.1) is 18.1 Å². The molecule has 0 heterocycles. The van der Waals surface area contributed by atoms with Crippen LogP contribution in [0.25, 0.3) is 0 Å². The van der Waals surface area contributed by atoms with Crippen molar-refractivity contribution in [1.82, 2.24) is 5.32 Å². The number of halogens is 4. The number of rotatable bonds is 7. The second kappa shape index (κ2) is 8.87. The molecule has 0 aliphatic heterocycles. The zero-order valence-corrected chi connectivity index (χ0v) is 14.9. The van der Waals surface area contributed by atoms with Crippen LogP contribution in [0.1, 0.15) is 36.8 Å². The third-order valence-corrected chi connectivity index (χ3v) is 4.75. The van der Waals surface area contributed by atoms with E-state index in [1.54, 1.807) is 6.07 Å². The molecule has 1 aromatic carbocycles. The maximum atomic E-state index is 12.9. The third kappa shape index (κ3) is 5.33. The molecule has 0 saturated heterocycles. The van der Waals surface area contributed by atoms with Crippen LogP contribution in [0.5, 0.6) is 0 Å². The van der Waals surface area contributed by atoms with E-state index in [-0.39, 0.29) is 37.4 Å². The normalized spacial score (nSPS) is 17.2. The first kappa shape index (κ1) is 21.7. The first-order valence-electron chi connectivity index (χ1n) is 7.98. The van der Waals surface area contributed by atoms with Crippen molar-refractivity contribution in [2.45, 2.75) is 43.4 Å². The number of amides is 1. The zero-order chi connectivity index (χ0) is 17.8.